The zero-order valence-electron chi connectivity index (χ0n) is 24.6. The van der Waals surface area contributed by atoms with Crippen molar-refractivity contribution in [3.8, 4) is 5.75 Å². The summed E-state index contributed by atoms with van der Waals surface area (Å²) >= 11 is 0. The summed E-state index contributed by atoms with van der Waals surface area (Å²) < 4.78 is 19.5. The highest BCUT2D eigenvalue weighted by atomic mass is 16.6. The van der Waals surface area contributed by atoms with Crippen LogP contribution in [0.3, 0.4) is 0 Å². The van der Waals surface area contributed by atoms with Gasteiger partial charge in [-0.3, -0.25) is 9.59 Å². The van der Waals surface area contributed by atoms with Gasteiger partial charge in [0.2, 0.25) is 6.10 Å². The second kappa shape index (κ2) is 12.7. The molecule has 1 saturated heterocycles. The molecule has 8 nitrogen and oxygen atoms in total. The molecule has 1 aliphatic rings. The molecule has 1 fully saturated rings. The van der Waals surface area contributed by atoms with Gasteiger partial charge >= 0.3 is 5.97 Å². The lowest BCUT2D eigenvalue weighted by Crippen LogP contribution is -2.39. The van der Waals surface area contributed by atoms with Crippen molar-refractivity contribution in [2.75, 3.05) is 13.1 Å². The highest BCUT2D eigenvalue weighted by molar-refractivity contribution is 5.86. The molecule has 0 N–H and O–H groups in total. The Morgan fingerprint density at radius 3 is 2.20 bits per heavy atom. The van der Waals surface area contributed by atoms with Crippen molar-refractivity contribution in [2.45, 2.75) is 91.3 Å². The fraction of sp³-hybridized carbons (Fsp3) is 0.531. The third-order valence-electron chi connectivity index (χ3n) is 7.58. The molecule has 0 spiro atoms. The molecule has 0 aliphatic carbocycles. The number of aryl methyl sites for hydroxylation is 3. The highest BCUT2D eigenvalue weighted by Crippen LogP contribution is 2.37. The lowest BCUT2D eigenvalue weighted by molar-refractivity contribution is -0.164. The third kappa shape index (κ3) is 6.11. The van der Waals surface area contributed by atoms with Gasteiger partial charge in [-0.1, -0.05) is 64.8 Å². The van der Waals surface area contributed by atoms with Crippen LogP contribution in [0.25, 0.3) is 11.0 Å². The number of carbonyl (C=O) groups is 2. The molecule has 2 aromatic carbocycles. The van der Waals surface area contributed by atoms with Crippen LogP contribution in [-0.2, 0) is 34.2 Å². The van der Waals surface area contributed by atoms with E-state index in [-0.39, 0.29) is 11.5 Å². The quantitative estimate of drug-likeness (QED) is 0.279. The predicted molar refractivity (Wildman–Crippen MR) is 155 cm³/mol. The monoisotopic (exact) mass is 550 g/mol. The first-order chi connectivity index (χ1) is 19.2. The maximum absolute atomic E-state index is 13.8. The van der Waals surface area contributed by atoms with Gasteiger partial charge in [-0.25, -0.2) is 4.79 Å². The Morgan fingerprint density at radius 2 is 1.60 bits per heavy atom. The zero-order valence-corrected chi connectivity index (χ0v) is 24.6. The molecule has 0 bridgehead atoms. The SMILES string of the molecule is CCCc1cc2c(=O)n(C)oc2c(CCC)c1O[C@H](C(=O)O[C@H](C)C(=O)N1CCCC1)c1ccc(C(C)C)cc1. The van der Waals surface area contributed by atoms with Crippen molar-refractivity contribution in [3.63, 3.8) is 0 Å². The van der Waals surface area contributed by atoms with E-state index in [9.17, 15) is 14.4 Å². The molecule has 216 valence electrons. The summed E-state index contributed by atoms with van der Waals surface area (Å²) in [5, 5.41) is 0.506. The van der Waals surface area contributed by atoms with Crippen molar-refractivity contribution in [3.05, 3.63) is 62.9 Å². The Bertz CT molecular complexity index is 1400. The maximum atomic E-state index is 13.8. The topological polar surface area (TPSA) is 91.0 Å². The maximum Gasteiger partial charge on any atom is 0.352 e. The van der Waals surface area contributed by atoms with E-state index in [1.165, 1.54) is 4.74 Å². The minimum atomic E-state index is -1.10. The number of rotatable bonds is 11. The molecule has 1 aliphatic heterocycles. The minimum absolute atomic E-state index is 0.189. The smallest absolute Gasteiger partial charge is 0.352 e. The Kier molecular flexibility index (Phi) is 9.38. The van der Waals surface area contributed by atoms with Crippen molar-refractivity contribution < 1.29 is 23.6 Å². The van der Waals surface area contributed by atoms with Crippen LogP contribution in [0.2, 0.25) is 0 Å². The van der Waals surface area contributed by atoms with Crippen molar-refractivity contribution in [1.82, 2.24) is 9.64 Å². The summed E-state index contributed by atoms with van der Waals surface area (Å²) in [5.74, 6) is 0.0514. The number of hydrogen-bond donors (Lipinski definition) is 0. The van der Waals surface area contributed by atoms with Gasteiger partial charge in [0.1, 0.15) is 5.75 Å². The highest BCUT2D eigenvalue weighted by Gasteiger charge is 2.33. The molecule has 8 heteroatoms. The van der Waals surface area contributed by atoms with Crippen LogP contribution in [0.5, 0.6) is 5.75 Å². The average molecular weight is 551 g/mol. The Labute approximate surface area is 236 Å². The van der Waals surface area contributed by atoms with Gasteiger partial charge in [0, 0.05) is 31.3 Å². The van der Waals surface area contributed by atoms with Crippen LogP contribution >= 0.6 is 0 Å². The van der Waals surface area contributed by atoms with E-state index in [1.54, 1.807) is 18.9 Å². The van der Waals surface area contributed by atoms with E-state index in [0.717, 1.165) is 42.4 Å². The van der Waals surface area contributed by atoms with Gasteiger partial charge in [-0.05, 0) is 55.7 Å². The molecular formula is C32H42N2O6. The lowest BCUT2D eigenvalue weighted by atomic mass is 9.97. The number of fused-ring (bicyclic) bond motifs is 1. The molecule has 0 unspecified atom stereocenters. The summed E-state index contributed by atoms with van der Waals surface area (Å²) in [5.41, 5.74) is 3.65. The van der Waals surface area contributed by atoms with Crippen LogP contribution in [0.15, 0.2) is 39.6 Å². The van der Waals surface area contributed by atoms with Gasteiger partial charge in [-0.15, -0.1) is 0 Å². The van der Waals surface area contributed by atoms with Gasteiger partial charge in [0.05, 0.1) is 5.39 Å². The number of likely N-dealkylation sites (tertiary alicyclic amines) is 1. The van der Waals surface area contributed by atoms with Crippen molar-refractivity contribution >= 4 is 22.8 Å². The van der Waals surface area contributed by atoms with Gasteiger partial charge < -0.3 is 18.9 Å². The minimum Gasteiger partial charge on any atom is -0.473 e. The Morgan fingerprint density at radius 1 is 0.975 bits per heavy atom. The van der Waals surface area contributed by atoms with E-state index < -0.39 is 18.2 Å². The normalized spacial score (nSPS) is 15.0. The molecule has 2 heterocycles. The number of aromatic nitrogens is 1. The van der Waals surface area contributed by atoms with E-state index in [1.807, 2.05) is 37.3 Å². The van der Waals surface area contributed by atoms with Crippen LogP contribution in [0.1, 0.15) is 94.6 Å². The summed E-state index contributed by atoms with van der Waals surface area (Å²) in [7, 11) is 1.59. The molecule has 0 radical (unpaired) electrons. The first-order valence-electron chi connectivity index (χ1n) is 14.6. The van der Waals surface area contributed by atoms with Crippen LogP contribution < -0.4 is 10.3 Å². The van der Waals surface area contributed by atoms with Crippen molar-refractivity contribution in [2.24, 2.45) is 7.05 Å². The zero-order chi connectivity index (χ0) is 29.0. The van der Waals surface area contributed by atoms with Crippen molar-refractivity contribution in [1.29, 1.82) is 0 Å². The summed E-state index contributed by atoms with van der Waals surface area (Å²) in [6.45, 7) is 11.3. The van der Waals surface area contributed by atoms with E-state index in [4.69, 9.17) is 14.0 Å². The second-order valence-electron chi connectivity index (χ2n) is 11.0. The number of hydrogen-bond acceptors (Lipinski definition) is 6. The number of benzene rings is 2. The molecule has 2 atom stereocenters. The second-order valence-corrected chi connectivity index (χ2v) is 11.0. The number of esters is 1. The molecule has 1 aromatic heterocycles. The van der Waals surface area contributed by atoms with E-state index in [0.29, 0.717) is 54.1 Å². The number of ether oxygens (including phenoxy) is 2. The molecule has 1 amide bonds. The fourth-order valence-electron chi connectivity index (χ4n) is 5.36. The largest absolute Gasteiger partial charge is 0.473 e. The number of nitrogens with zero attached hydrogens (tertiary/aromatic N) is 2. The van der Waals surface area contributed by atoms with Crippen LogP contribution in [-0.4, -0.2) is 40.7 Å². The van der Waals surface area contributed by atoms with Gasteiger partial charge in [-0.2, -0.15) is 4.74 Å². The van der Waals surface area contributed by atoms with Crippen LogP contribution in [0.4, 0.5) is 0 Å². The number of amides is 1. The average Bonchev–Trinajstić information content (AvgIpc) is 3.57. The third-order valence-corrected chi connectivity index (χ3v) is 7.58. The fourth-order valence-corrected chi connectivity index (χ4v) is 5.36. The first-order valence-corrected chi connectivity index (χ1v) is 14.6. The van der Waals surface area contributed by atoms with Gasteiger partial charge in [0.15, 0.2) is 11.7 Å². The first kappa shape index (κ1) is 29.4. The lowest BCUT2D eigenvalue weighted by Gasteiger charge is -2.25. The van der Waals surface area contributed by atoms with E-state index >= 15 is 0 Å². The predicted octanol–water partition coefficient (Wildman–Crippen LogP) is 5.83. The summed E-state index contributed by atoms with van der Waals surface area (Å²) in [6.07, 6.45) is 2.77. The summed E-state index contributed by atoms with van der Waals surface area (Å²) in [4.78, 5) is 41.3. The molecule has 40 heavy (non-hydrogen) atoms. The molecule has 3 aromatic rings. The molecule has 4 rings (SSSR count). The summed E-state index contributed by atoms with van der Waals surface area (Å²) in [6, 6.07) is 9.56. The molecule has 0 saturated carbocycles. The number of carbonyl (C=O) groups excluding carboxylic acids is 2. The standard InChI is InChI=1S/C32H42N2O6/c1-7-11-24-19-26-29(40-33(6)31(26)36)25(12-8-2)27(24)39-28(23-15-13-22(14-16-23)20(3)4)32(37)38-21(5)30(35)34-17-9-10-18-34/h13-16,19-21,28H,7-12,17-18H2,1-6H3/t21-,28+/m1/s1. The van der Waals surface area contributed by atoms with E-state index in [2.05, 4.69) is 20.8 Å². The van der Waals surface area contributed by atoms with Gasteiger partial charge in [0.25, 0.3) is 11.5 Å². The Balaban J connectivity index is 1.77. The van der Waals surface area contributed by atoms with Crippen LogP contribution in [0, 0.1) is 0 Å². The Hall–Kier alpha value is -3.55. The molecular weight excluding hydrogens is 508 g/mol.